The molecule has 0 bridgehead atoms. The van der Waals surface area contributed by atoms with Crippen LogP contribution in [-0.4, -0.2) is 25.1 Å². The highest BCUT2D eigenvalue weighted by Gasteiger charge is 2.29. The number of fused-ring (bicyclic) bond motifs is 1. The summed E-state index contributed by atoms with van der Waals surface area (Å²) in [5.41, 5.74) is 6.62. The molecule has 1 aliphatic heterocycles. The fraction of sp³-hybridized carbons (Fsp3) is 0.562. The molecule has 0 saturated carbocycles. The Balaban J connectivity index is 2.10. The van der Waals surface area contributed by atoms with Crippen molar-refractivity contribution in [2.24, 2.45) is 11.7 Å². The zero-order valence-electron chi connectivity index (χ0n) is 12.3. The number of hydrogen-bond acceptors (Lipinski definition) is 3. The average Bonchev–Trinajstić information content (AvgIpc) is 2.46. The predicted molar refractivity (Wildman–Crippen MR) is 79.7 cm³/mol. The molecule has 2 rings (SSSR count). The molecule has 0 radical (unpaired) electrons. The maximum absolute atomic E-state index is 12.5. The van der Waals surface area contributed by atoms with Crippen LogP contribution in [0.25, 0.3) is 0 Å². The number of hydrogen-bond donors (Lipinski definition) is 2. The van der Waals surface area contributed by atoms with E-state index in [0.717, 1.165) is 24.2 Å². The van der Waals surface area contributed by atoms with E-state index in [9.17, 15) is 4.79 Å². The van der Waals surface area contributed by atoms with Gasteiger partial charge in [-0.3, -0.25) is 4.79 Å². The van der Waals surface area contributed by atoms with Crippen LogP contribution in [0, 0.1) is 5.92 Å². The highest BCUT2D eigenvalue weighted by Crippen LogP contribution is 2.33. The minimum Gasteiger partial charge on any atom is -0.493 e. The van der Waals surface area contributed by atoms with Gasteiger partial charge in [-0.1, -0.05) is 32.0 Å². The van der Waals surface area contributed by atoms with Crippen LogP contribution in [-0.2, 0) is 4.79 Å². The maximum atomic E-state index is 12.5. The summed E-state index contributed by atoms with van der Waals surface area (Å²) < 4.78 is 5.60. The number of para-hydroxylation sites is 1. The van der Waals surface area contributed by atoms with Crippen molar-refractivity contribution < 1.29 is 9.53 Å². The molecule has 4 nitrogen and oxygen atoms in total. The number of nitrogens with two attached hydrogens (primary N) is 1. The monoisotopic (exact) mass is 276 g/mol. The van der Waals surface area contributed by atoms with Crippen LogP contribution >= 0.6 is 0 Å². The first kappa shape index (κ1) is 14.9. The molecule has 2 atom stereocenters. The van der Waals surface area contributed by atoms with E-state index in [1.54, 1.807) is 0 Å². The van der Waals surface area contributed by atoms with Crippen molar-refractivity contribution >= 4 is 5.91 Å². The summed E-state index contributed by atoms with van der Waals surface area (Å²) in [7, 11) is 0. The second-order valence-corrected chi connectivity index (χ2v) is 5.66. The summed E-state index contributed by atoms with van der Waals surface area (Å²) in [4.78, 5) is 12.5. The van der Waals surface area contributed by atoms with Gasteiger partial charge in [0.25, 0.3) is 0 Å². The fourth-order valence-electron chi connectivity index (χ4n) is 2.65. The lowest BCUT2D eigenvalue weighted by Gasteiger charge is -2.28. The van der Waals surface area contributed by atoms with Crippen LogP contribution in [0.2, 0.25) is 0 Å². The third kappa shape index (κ3) is 3.31. The van der Waals surface area contributed by atoms with Crippen molar-refractivity contribution in [3.63, 3.8) is 0 Å². The van der Waals surface area contributed by atoms with Crippen molar-refractivity contribution in [1.29, 1.82) is 0 Å². The Labute approximate surface area is 120 Å². The molecule has 0 aromatic heterocycles. The summed E-state index contributed by atoms with van der Waals surface area (Å²) in [6.45, 7) is 5.41. The largest absolute Gasteiger partial charge is 0.493 e. The molecule has 110 valence electrons. The molecule has 0 saturated heterocycles. The lowest BCUT2D eigenvalue weighted by atomic mass is 9.91. The standard InChI is InChI=1S/C16H24N2O2/c1-11(2)14(7-9-17)18-16(19)13-8-10-20-15-6-4-3-5-12(13)15/h3-6,11,13-14H,7-10,17H2,1-2H3,(H,18,19). The Hall–Kier alpha value is -1.55. The second kappa shape index (κ2) is 6.75. The van der Waals surface area contributed by atoms with Crippen molar-refractivity contribution in [3.05, 3.63) is 29.8 Å². The van der Waals surface area contributed by atoms with Gasteiger partial charge in [0.05, 0.1) is 12.5 Å². The first-order valence-electron chi connectivity index (χ1n) is 7.35. The topological polar surface area (TPSA) is 64.3 Å². The summed E-state index contributed by atoms with van der Waals surface area (Å²) in [6.07, 6.45) is 1.55. The van der Waals surface area contributed by atoms with Gasteiger partial charge in [0.1, 0.15) is 5.75 Å². The van der Waals surface area contributed by atoms with Gasteiger partial charge in [-0.2, -0.15) is 0 Å². The quantitative estimate of drug-likeness (QED) is 0.865. The average molecular weight is 276 g/mol. The Kier molecular flexibility index (Phi) is 5.01. The molecule has 1 amide bonds. The summed E-state index contributed by atoms with van der Waals surface area (Å²) in [5, 5.41) is 3.15. The van der Waals surface area contributed by atoms with Gasteiger partial charge in [-0.25, -0.2) is 0 Å². The summed E-state index contributed by atoms with van der Waals surface area (Å²) >= 11 is 0. The third-order valence-corrected chi connectivity index (χ3v) is 3.89. The molecule has 0 aliphatic carbocycles. The summed E-state index contributed by atoms with van der Waals surface area (Å²) in [5.74, 6) is 1.20. The number of carbonyl (C=O) groups excluding carboxylic acids is 1. The molecule has 0 spiro atoms. The molecule has 2 unspecified atom stereocenters. The van der Waals surface area contributed by atoms with Gasteiger partial charge < -0.3 is 15.8 Å². The van der Waals surface area contributed by atoms with Crippen molar-refractivity contribution in [2.75, 3.05) is 13.2 Å². The van der Waals surface area contributed by atoms with Crippen molar-refractivity contribution in [3.8, 4) is 5.75 Å². The molecule has 1 aromatic carbocycles. The lowest BCUT2D eigenvalue weighted by molar-refractivity contribution is -0.124. The predicted octanol–water partition coefficient (Wildman–Crippen LogP) is 2.04. The third-order valence-electron chi connectivity index (χ3n) is 3.89. The van der Waals surface area contributed by atoms with Crippen molar-refractivity contribution in [1.82, 2.24) is 5.32 Å². The SMILES string of the molecule is CC(C)C(CCN)NC(=O)C1CCOc2ccccc21. The van der Waals surface area contributed by atoms with Gasteiger partial charge in [0.2, 0.25) is 5.91 Å². The van der Waals surface area contributed by atoms with E-state index in [0.29, 0.717) is 19.1 Å². The Morgan fingerprint density at radius 3 is 2.90 bits per heavy atom. The maximum Gasteiger partial charge on any atom is 0.228 e. The first-order chi connectivity index (χ1) is 9.63. The Bertz CT molecular complexity index is 460. The van der Waals surface area contributed by atoms with E-state index in [1.807, 2.05) is 24.3 Å². The van der Waals surface area contributed by atoms with Gasteiger partial charge in [0, 0.05) is 11.6 Å². The van der Waals surface area contributed by atoms with Crippen LogP contribution in [0.3, 0.4) is 0 Å². The van der Waals surface area contributed by atoms with E-state index in [-0.39, 0.29) is 17.9 Å². The van der Waals surface area contributed by atoms with E-state index in [2.05, 4.69) is 19.2 Å². The molecular weight excluding hydrogens is 252 g/mol. The number of nitrogens with one attached hydrogen (secondary N) is 1. The zero-order valence-corrected chi connectivity index (χ0v) is 12.3. The number of rotatable bonds is 5. The highest BCUT2D eigenvalue weighted by molar-refractivity contribution is 5.85. The van der Waals surface area contributed by atoms with Crippen LogP contribution in [0.5, 0.6) is 5.75 Å². The molecule has 1 aliphatic rings. The Morgan fingerprint density at radius 1 is 1.45 bits per heavy atom. The fourth-order valence-corrected chi connectivity index (χ4v) is 2.65. The molecule has 20 heavy (non-hydrogen) atoms. The van der Waals surface area contributed by atoms with E-state index >= 15 is 0 Å². The van der Waals surface area contributed by atoms with E-state index < -0.39 is 0 Å². The molecular formula is C16H24N2O2. The molecule has 1 aromatic rings. The van der Waals surface area contributed by atoms with Gasteiger partial charge in [0.15, 0.2) is 0 Å². The van der Waals surface area contributed by atoms with Gasteiger partial charge in [-0.05, 0) is 31.4 Å². The molecule has 0 fully saturated rings. The molecule has 3 N–H and O–H groups in total. The molecule has 4 heteroatoms. The van der Waals surface area contributed by atoms with E-state index in [1.165, 1.54) is 0 Å². The minimum atomic E-state index is -0.112. The minimum absolute atomic E-state index is 0.0906. The molecule has 1 heterocycles. The second-order valence-electron chi connectivity index (χ2n) is 5.66. The number of carbonyl (C=O) groups is 1. The normalized spacial score (nSPS) is 19.1. The number of ether oxygens (including phenoxy) is 1. The lowest BCUT2D eigenvalue weighted by Crippen LogP contribution is -2.43. The Morgan fingerprint density at radius 2 is 2.20 bits per heavy atom. The van der Waals surface area contributed by atoms with E-state index in [4.69, 9.17) is 10.5 Å². The van der Waals surface area contributed by atoms with Crippen LogP contribution in [0.1, 0.15) is 38.2 Å². The highest BCUT2D eigenvalue weighted by atomic mass is 16.5. The van der Waals surface area contributed by atoms with Crippen LogP contribution < -0.4 is 15.8 Å². The summed E-state index contributed by atoms with van der Waals surface area (Å²) in [6, 6.07) is 7.93. The number of benzene rings is 1. The first-order valence-corrected chi connectivity index (χ1v) is 7.35. The smallest absolute Gasteiger partial charge is 0.228 e. The van der Waals surface area contributed by atoms with Gasteiger partial charge >= 0.3 is 0 Å². The van der Waals surface area contributed by atoms with Crippen LogP contribution in [0.4, 0.5) is 0 Å². The zero-order chi connectivity index (χ0) is 14.5. The van der Waals surface area contributed by atoms with Crippen LogP contribution in [0.15, 0.2) is 24.3 Å². The number of amides is 1. The van der Waals surface area contributed by atoms with Crippen molar-refractivity contribution in [2.45, 2.75) is 38.6 Å². The van der Waals surface area contributed by atoms with Gasteiger partial charge in [-0.15, -0.1) is 0 Å².